The van der Waals surface area contributed by atoms with Gasteiger partial charge in [0.2, 0.25) is 0 Å². The molecule has 0 aromatic carbocycles. The SMILES string of the molecule is CCN1CCC[C@@H]1SC. The summed E-state index contributed by atoms with van der Waals surface area (Å²) in [4.78, 5) is 2.55. The Morgan fingerprint density at radius 1 is 1.67 bits per heavy atom. The van der Waals surface area contributed by atoms with E-state index >= 15 is 0 Å². The zero-order valence-electron chi connectivity index (χ0n) is 6.26. The van der Waals surface area contributed by atoms with Gasteiger partial charge in [0.15, 0.2) is 0 Å². The Balaban J connectivity index is 2.32. The summed E-state index contributed by atoms with van der Waals surface area (Å²) in [6.07, 6.45) is 5.01. The molecule has 0 saturated carbocycles. The highest BCUT2D eigenvalue weighted by Gasteiger charge is 2.20. The number of hydrogen-bond acceptors (Lipinski definition) is 2. The number of likely N-dealkylation sites (tertiary alicyclic amines) is 1. The van der Waals surface area contributed by atoms with Crippen molar-refractivity contribution in [3.63, 3.8) is 0 Å². The van der Waals surface area contributed by atoms with Crippen molar-refractivity contribution in [3.8, 4) is 0 Å². The zero-order valence-corrected chi connectivity index (χ0v) is 7.08. The summed E-state index contributed by atoms with van der Waals surface area (Å²) in [5, 5.41) is 0.829. The molecule has 1 fully saturated rings. The Hall–Kier alpha value is 0.310. The highest BCUT2D eigenvalue weighted by atomic mass is 32.2. The summed E-state index contributed by atoms with van der Waals surface area (Å²) in [7, 11) is 0. The average molecular weight is 145 g/mol. The second-order valence-corrected chi connectivity index (χ2v) is 3.48. The van der Waals surface area contributed by atoms with E-state index in [2.05, 4.69) is 18.1 Å². The number of rotatable bonds is 2. The second kappa shape index (κ2) is 3.47. The van der Waals surface area contributed by atoms with Gasteiger partial charge in [0.1, 0.15) is 0 Å². The van der Waals surface area contributed by atoms with Crippen molar-refractivity contribution in [1.29, 1.82) is 0 Å². The van der Waals surface area contributed by atoms with Crippen LogP contribution in [-0.2, 0) is 0 Å². The molecule has 2 heteroatoms. The summed E-state index contributed by atoms with van der Waals surface area (Å²) in [6.45, 7) is 4.79. The van der Waals surface area contributed by atoms with E-state index in [9.17, 15) is 0 Å². The van der Waals surface area contributed by atoms with Crippen LogP contribution in [0.3, 0.4) is 0 Å². The fraction of sp³-hybridized carbons (Fsp3) is 1.00. The maximum atomic E-state index is 2.55. The molecule has 1 aliphatic rings. The lowest BCUT2D eigenvalue weighted by molar-refractivity contribution is 0.336. The first kappa shape index (κ1) is 7.42. The van der Waals surface area contributed by atoms with E-state index in [0.29, 0.717) is 0 Å². The molecule has 1 rings (SSSR count). The summed E-state index contributed by atoms with van der Waals surface area (Å²) in [5.74, 6) is 0. The van der Waals surface area contributed by atoms with Gasteiger partial charge in [-0.05, 0) is 32.2 Å². The molecule has 1 nitrogen and oxygen atoms in total. The minimum atomic E-state index is 0.829. The summed E-state index contributed by atoms with van der Waals surface area (Å²) in [5.41, 5.74) is 0. The predicted octanol–water partition coefficient (Wildman–Crippen LogP) is 1.79. The van der Waals surface area contributed by atoms with Gasteiger partial charge in [-0.25, -0.2) is 0 Å². The highest BCUT2D eigenvalue weighted by Crippen LogP contribution is 2.24. The first-order chi connectivity index (χ1) is 4.38. The largest absolute Gasteiger partial charge is 0.292 e. The lowest BCUT2D eigenvalue weighted by atomic mass is 10.4. The molecule has 0 aromatic heterocycles. The number of hydrogen-bond donors (Lipinski definition) is 0. The molecule has 9 heavy (non-hydrogen) atoms. The smallest absolute Gasteiger partial charge is 0.0554 e. The molecule has 0 radical (unpaired) electrons. The quantitative estimate of drug-likeness (QED) is 0.583. The topological polar surface area (TPSA) is 3.24 Å². The van der Waals surface area contributed by atoms with Crippen LogP contribution in [0.5, 0.6) is 0 Å². The lowest BCUT2D eigenvalue weighted by Gasteiger charge is -2.19. The van der Waals surface area contributed by atoms with Gasteiger partial charge in [0, 0.05) is 0 Å². The Morgan fingerprint density at radius 3 is 2.89 bits per heavy atom. The fourth-order valence-corrected chi connectivity index (χ4v) is 2.38. The van der Waals surface area contributed by atoms with Gasteiger partial charge in [0.25, 0.3) is 0 Å². The van der Waals surface area contributed by atoms with Crippen LogP contribution < -0.4 is 0 Å². The van der Waals surface area contributed by atoms with E-state index in [-0.39, 0.29) is 0 Å². The first-order valence-electron chi connectivity index (χ1n) is 3.65. The lowest BCUT2D eigenvalue weighted by Crippen LogP contribution is -2.25. The third kappa shape index (κ3) is 1.62. The van der Waals surface area contributed by atoms with E-state index < -0.39 is 0 Å². The van der Waals surface area contributed by atoms with Crippen LogP contribution in [0.15, 0.2) is 0 Å². The maximum absolute atomic E-state index is 2.55. The Kier molecular flexibility index (Phi) is 2.86. The van der Waals surface area contributed by atoms with E-state index in [1.54, 1.807) is 0 Å². The van der Waals surface area contributed by atoms with Gasteiger partial charge >= 0.3 is 0 Å². The number of nitrogens with zero attached hydrogens (tertiary/aromatic N) is 1. The first-order valence-corrected chi connectivity index (χ1v) is 4.94. The van der Waals surface area contributed by atoms with Gasteiger partial charge in [0.05, 0.1) is 5.37 Å². The van der Waals surface area contributed by atoms with Crippen molar-refractivity contribution in [2.45, 2.75) is 25.1 Å². The third-order valence-electron chi connectivity index (χ3n) is 1.98. The Bertz CT molecular complexity index is 75.0. The molecule has 1 saturated heterocycles. The van der Waals surface area contributed by atoms with E-state index in [4.69, 9.17) is 0 Å². The van der Waals surface area contributed by atoms with Crippen LogP contribution in [0.4, 0.5) is 0 Å². The molecular formula is C7H15NS. The molecule has 1 heterocycles. The fourth-order valence-electron chi connectivity index (χ4n) is 1.42. The van der Waals surface area contributed by atoms with E-state index in [1.807, 2.05) is 11.8 Å². The van der Waals surface area contributed by atoms with Crippen molar-refractivity contribution in [1.82, 2.24) is 4.90 Å². The van der Waals surface area contributed by atoms with E-state index in [1.165, 1.54) is 25.9 Å². The molecular weight excluding hydrogens is 130 g/mol. The summed E-state index contributed by atoms with van der Waals surface area (Å²) < 4.78 is 0. The van der Waals surface area contributed by atoms with Crippen LogP contribution in [0.1, 0.15) is 19.8 Å². The van der Waals surface area contributed by atoms with Crippen molar-refractivity contribution < 1.29 is 0 Å². The van der Waals surface area contributed by atoms with Gasteiger partial charge in [-0.3, -0.25) is 4.90 Å². The second-order valence-electron chi connectivity index (χ2n) is 2.46. The van der Waals surface area contributed by atoms with Crippen molar-refractivity contribution in [2.24, 2.45) is 0 Å². The van der Waals surface area contributed by atoms with Crippen LogP contribution in [-0.4, -0.2) is 29.6 Å². The van der Waals surface area contributed by atoms with E-state index in [0.717, 1.165) is 5.37 Å². The van der Waals surface area contributed by atoms with Crippen LogP contribution in [0.2, 0.25) is 0 Å². The monoisotopic (exact) mass is 145 g/mol. The van der Waals surface area contributed by atoms with Crippen LogP contribution in [0, 0.1) is 0 Å². The zero-order chi connectivity index (χ0) is 6.69. The molecule has 0 bridgehead atoms. The number of thioether (sulfide) groups is 1. The molecule has 0 unspecified atom stereocenters. The molecule has 0 amide bonds. The predicted molar refractivity (Wildman–Crippen MR) is 43.8 cm³/mol. The average Bonchev–Trinajstić information content (AvgIpc) is 2.33. The Morgan fingerprint density at radius 2 is 2.44 bits per heavy atom. The molecule has 0 aromatic rings. The highest BCUT2D eigenvalue weighted by molar-refractivity contribution is 7.99. The van der Waals surface area contributed by atoms with Crippen LogP contribution >= 0.6 is 11.8 Å². The normalized spacial score (nSPS) is 29.3. The molecule has 0 spiro atoms. The summed E-state index contributed by atoms with van der Waals surface area (Å²) >= 11 is 1.99. The van der Waals surface area contributed by atoms with Gasteiger partial charge in [-0.1, -0.05) is 6.92 Å². The minimum Gasteiger partial charge on any atom is -0.292 e. The van der Waals surface area contributed by atoms with Crippen LogP contribution in [0.25, 0.3) is 0 Å². The molecule has 1 aliphatic heterocycles. The summed E-state index contributed by atoms with van der Waals surface area (Å²) in [6, 6.07) is 0. The molecule has 0 N–H and O–H groups in total. The molecule has 1 atom stereocenters. The minimum absolute atomic E-state index is 0.829. The molecule has 0 aliphatic carbocycles. The van der Waals surface area contributed by atoms with Crippen molar-refractivity contribution in [2.75, 3.05) is 19.3 Å². The van der Waals surface area contributed by atoms with Gasteiger partial charge in [-0.15, -0.1) is 11.8 Å². The standard InChI is InChI=1S/C7H15NS/c1-3-8-6-4-5-7(8)9-2/h7H,3-6H2,1-2H3/t7-/m0/s1. The maximum Gasteiger partial charge on any atom is 0.0554 e. The van der Waals surface area contributed by atoms with Gasteiger partial charge in [-0.2, -0.15) is 0 Å². The van der Waals surface area contributed by atoms with Crippen molar-refractivity contribution >= 4 is 11.8 Å². The molecule has 54 valence electrons. The van der Waals surface area contributed by atoms with Gasteiger partial charge < -0.3 is 0 Å². The third-order valence-corrected chi connectivity index (χ3v) is 3.06. The Labute approximate surface area is 61.8 Å². The van der Waals surface area contributed by atoms with Crippen molar-refractivity contribution in [3.05, 3.63) is 0 Å².